The summed E-state index contributed by atoms with van der Waals surface area (Å²) in [6.45, 7) is 18.2. The molecule has 0 amide bonds. The van der Waals surface area contributed by atoms with Crippen molar-refractivity contribution in [2.45, 2.75) is 64.7 Å². The van der Waals surface area contributed by atoms with Gasteiger partial charge in [0.05, 0.1) is 0 Å². The first-order valence-electron chi connectivity index (χ1n) is 11.6. The van der Waals surface area contributed by atoms with Gasteiger partial charge >= 0.3 is 8.32 Å². The Morgan fingerprint density at radius 1 is 0.636 bits per heavy atom. The van der Waals surface area contributed by atoms with Crippen LogP contribution < -0.4 is 19.2 Å². The van der Waals surface area contributed by atoms with Crippen molar-refractivity contribution in [2.75, 3.05) is 0 Å². The van der Waals surface area contributed by atoms with E-state index in [0.29, 0.717) is 0 Å². The van der Waals surface area contributed by atoms with Crippen LogP contribution in [0.4, 0.5) is 0 Å². The minimum Gasteiger partial charge on any atom is -0.543 e. The first kappa shape index (κ1) is 25.8. The van der Waals surface area contributed by atoms with E-state index in [2.05, 4.69) is 143 Å². The van der Waals surface area contributed by atoms with Crippen molar-refractivity contribution in [2.24, 2.45) is 0 Å². The number of hydrogen-bond acceptors (Lipinski definition) is 2. The molecule has 1 atom stereocenters. The van der Waals surface area contributed by atoms with E-state index >= 15 is 0 Å². The van der Waals surface area contributed by atoms with Crippen LogP contribution in [0.25, 0.3) is 0 Å². The third-order valence-corrected chi connectivity index (χ3v) is 17.2. The molecular weight excluding hydrogens is 504 g/mol. The second kappa shape index (κ2) is 9.43. The van der Waals surface area contributed by atoms with Crippen molar-refractivity contribution in [1.29, 1.82) is 0 Å². The van der Waals surface area contributed by atoms with E-state index < -0.39 is 16.6 Å². The maximum Gasteiger partial charge on any atom is 0.321 e. The van der Waals surface area contributed by atoms with Gasteiger partial charge in [0.15, 0.2) is 0 Å². The molecule has 0 fully saturated rings. The minimum absolute atomic E-state index is 0.117. The van der Waals surface area contributed by atoms with Gasteiger partial charge in [0.25, 0.3) is 0 Å². The summed E-state index contributed by atoms with van der Waals surface area (Å²) in [5, 5.41) is 2.50. The Bertz CT molecular complexity index is 1080. The van der Waals surface area contributed by atoms with Crippen LogP contribution in [0.3, 0.4) is 0 Å². The third kappa shape index (κ3) is 5.31. The Kier molecular flexibility index (Phi) is 7.37. The van der Waals surface area contributed by atoms with Gasteiger partial charge in [0, 0.05) is 10.5 Å². The summed E-state index contributed by atoms with van der Waals surface area (Å²) in [6, 6.07) is 27.5. The zero-order chi connectivity index (χ0) is 24.5. The molecule has 5 heteroatoms. The van der Waals surface area contributed by atoms with Gasteiger partial charge in [-0.15, -0.1) is 0 Å². The summed E-state index contributed by atoms with van der Waals surface area (Å²) < 4.78 is 14.9. The van der Waals surface area contributed by atoms with Crippen molar-refractivity contribution in [3.63, 3.8) is 0 Å². The van der Waals surface area contributed by atoms with Crippen LogP contribution in [0.2, 0.25) is 23.2 Å². The van der Waals surface area contributed by atoms with Crippen molar-refractivity contribution in [3.05, 3.63) is 83.3 Å². The predicted octanol–water partition coefficient (Wildman–Crippen LogP) is 7.77. The lowest BCUT2D eigenvalue weighted by Gasteiger charge is -2.43. The molecule has 0 aliphatic rings. The Morgan fingerprint density at radius 3 is 1.73 bits per heavy atom. The molecule has 1 unspecified atom stereocenters. The molecule has 0 aromatic heterocycles. The van der Waals surface area contributed by atoms with E-state index in [9.17, 15) is 0 Å². The normalized spacial score (nSPS) is 14.5. The van der Waals surface area contributed by atoms with Crippen molar-refractivity contribution < 1.29 is 8.85 Å². The average Bonchev–Trinajstić information content (AvgIpc) is 2.71. The minimum atomic E-state index is -2.74. The molecule has 0 heterocycles. The van der Waals surface area contributed by atoms with Crippen LogP contribution in [-0.2, 0) is 0 Å². The standard InChI is InChI=1S/C28H37BrO2Si2/c1-27(2,3)32(7,8)30-22-15-14-16-23(21-22)31-33(28(4,5)6,24-17-10-9-11-18-24)26-20-13-12-19-25(26)29/h9-21H,1-8H3. The largest absolute Gasteiger partial charge is 0.543 e. The van der Waals surface area contributed by atoms with Gasteiger partial charge < -0.3 is 8.85 Å². The first-order chi connectivity index (χ1) is 15.3. The fourth-order valence-corrected chi connectivity index (χ4v) is 10.5. The van der Waals surface area contributed by atoms with Crippen molar-refractivity contribution >= 4 is 42.9 Å². The second-order valence-electron chi connectivity index (χ2n) is 11.2. The maximum absolute atomic E-state index is 7.20. The zero-order valence-corrected chi connectivity index (χ0v) is 24.8. The van der Waals surface area contributed by atoms with Gasteiger partial charge in [-0.25, -0.2) is 0 Å². The monoisotopic (exact) mass is 540 g/mol. The van der Waals surface area contributed by atoms with Crippen LogP contribution in [-0.4, -0.2) is 16.6 Å². The molecule has 33 heavy (non-hydrogen) atoms. The molecule has 0 radical (unpaired) electrons. The zero-order valence-electron chi connectivity index (χ0n) is 21.2. The summed E-state index contributed by atoms with van der Waals surface area (Å²) >= 11 is 3.85. The van der Waals surface area contributed by atoms with Gasteiger partial charge in [0.1, 0.15) is 11.5 Å². The highest BCUT2D eigenvalue weighted by Crippen LogP contribution is 2.41. The van der Waals surface area contributed by atoms with E-state index in [1.807, 2.05) is 6.07 Å². The fourth-order valence-electron chi connectivity index (χ4n) is 3.90. The summed E-state index contributed by atoms with van der Waals surface area (Å²) in [6.07, 6.45) is 0. The fraction of sp³-hybridized carbons (Fsp3) is 0.357. The highest BCUT2D eigenvalue weighted by Gasteiger charge is 2.53. The van der Waals surface area contributed by atoms with E-state index in [0.717, 1.165) is 16.0 Å². The lowest BCUT2D eigenvalue weighted by atomic mass is 10.2. The Balaban J connectivity index is 2.16. The third-order valence-electron chi connectivity index (χ3n) is 6.75. The molecule has 3 rings (SSSR count). The van der Waals surface area contributed by atoms with Crippen LogP contribution in [0.5, 0.6) is 11.5 Å². The van der Waals surface area contributed by atoms with Crippen LogP contribution in [0.15, 0.2) is 83.3 Å². The van der Waals surface area contributed by atoms with Gasteiger partial charge in [-0.2, -0.15) is 0 Å². The molecule has 3 aromatic carbocycles. The molecule has 0 spiro atoms. The topological polar surface area (TPSA) is 18.5 Å². The lowest BCUT2D eigenvalue weighted by Crippen LogP contribution is -2.69. The van der Waals surface area contributed by atoms with E-state index in [1.165, 1.54) is 10.4 Å². The molecule has 0 saturated carbocycles. The number of halogens is 1. The summed E-state index contributed by atoms with van der Waals surface area (Å²) in [4.78, 5) is 0. The van der Waals surface area contributed by atoms with Gasteiger partial charge in [-0.1, -0.05) is 112 Å². The highest BCUT2D eigenvalue weighted by molar-refractivity contribution is 9.10. The molecule has 3 aromatic rings. The SMILES string of the molecule is CC(C)(C)[Si](C)(C)Oc1cccc(O[Si](c2ccccc2)(c2ccccc2Br)C(C)(C)C)c1. The number of hydrogen-bond donors (Lipinski definition) is 0. The molecule has 0 N–H and O–H groups in total. The molecule has 0 saturated heterocycles. The molecule has 0 aliphatic heterocycles. The van der Waals surface area contributed by atoms with Gasteiger partial charge in [-0.3, -0.25) is 0 Å². The van der Waals surface area contributed by atoms with Gasteiger partial charge in [-0.05, 0) is 51.7 Å². The summed E-state index contributed by atoms with van der Waals surface area (Å²) in [5.41, 5.74) is 0. The van der Waals surface area contributed by atoms with E-state index in [4.69, 9.17) is 8.85 Å². The number of benzene rings is 3. The van der Waals surface area contributed by atoms with Crippen LogP contribution in [0, 0.1) is 0 Å². The Hall–Kier alpha value is -1.83. The van der Waals surface area contributed by atoms with Gasteiger partial charge in [0.2, 0.25) is 8.32 Å². The molecule has 2 nitrogen and oxygen atoms in total. The summed E-state index contributed by atoms with van der Waals surface area (Å²) in [7, 11) is -4.70. The van der Waals surface area contributed by atoms with E-state index in [-0.39, 0.29) is 10.1 Å². The second-order valence-corrected chi connectivity index (χ2v) is 21.0. The summed E-state index contributed by atoms with van der Waals surface area (Å²) in [5.74, 6) is 1.74. The average molecular weight is 542 g/mol. The smallest absolute Gasteiger partial charge is 0.321 e. The van der Waals surface area contributed by atoms with E-state index in [1.54, 1.807) is 0 Å². The Morgan fingerprint density at radius 2 is 1.18 bits per heavy atom. The molecule has 176 valence electrons. The van der Waals surface area contributed by atoms with Crippen LogP contribution in [0.1, 0.15) is 41.5 Å². The quantitative estimate of drug-likeness (QED) is 0.297. The van der Waals surface area contributed by atoms with Crippen molar-refractivity contribution in [1.82, 2.24) is 0 Å². The van der Waals surface area contributed by atoms with Crippen molar-refractivity contribution in [3.8, 4) is 11.5 Å². The number of rotatable bonds is 6. The molecule has 0 aliphatic carbocycles. The first-order valence-corrected chi connectivity index (χ1v) is 17.2. The highest BCUT2D eigenvalue weighted by atomic mass is 79.9. The predicted molar refractivity (Wildman–Crippen MR) is 150 cm³/mol. The molecular formula is C28H37BrO2Si2. The lowest BCUT2D eigenvalue weighted by molar-refractivity contribution is 0.480. The molecule has 0 bridgehead atoms. The van der Waals surface area contributed by atoms with Crippen LogP contribution >= 0.6 is 15.9 Å². The maximum atomic E-state index is 7.20. The Labute approximate surface area is 210 Å².